The van der Waals surface area contributed by atoms with E-state index in [0.29, 0.717) is 17.9 Å². The highest BCUT2D eigenvalue weighted by Crippen LogP contribution is 2.18. The van der Waals surface area contributed by atoms with Crippen LogP contribution in [0.2, 0.25) is 0 Å². The molecule has 0 aliphatic rings. The molecule has 0 fully saturated rings. The number of halogens is 1. The van der Waals surface area contributed by atoms with E-state index in [1.165, 1.54) is 17.2 Å². The van der Waals surface area contributed by atoms with Gasteiger partial charge in [0.2, 0.25) is 0 Å². The van der Waals surface area contributed by atoms with Crippen LogP contribution in [-0.4, -0.2) is 6.54 Å². The fourth-order valence-electron chi connectivity index (χ4n) is 2.15. The van der Waals surface area contributed by atoms with E-state index in [2.05, 4.69) is 30.0 Å². The Morgan fingerprint density at radius 3 is 2.43 bits per heavy atom. The Morgan fingerprint density at radius 2 is 1.81 bits per heavy atom. The van der Waals surface area contributed by atoms with Crippen LogP contribution in [0, 0.1) is 31.5 Å². The second-order valence-electron chi connectivity index (χ2n) is 4.93. The third-order valence-electron chi connectivity index (χ3n) is 2.95. The number of hydrogen-bond donors (Lipinski definition) is 1. The van der Waals surface area contributed by atoms with Gasteiger partial charge in [0, 0.05) is 6.07 Å². The molecular weight excluding hydrogens is 265 g/mol. The number of hydrogen-bond acceptors (Lipinski definition) is 2. The largest absolute Gasteiger partial charge is 0.489 e. The van der Waals surface area contributed by atoms with Gasteiger partial charge in [-0.3, -0.25) is 0 Å². The molecule has 21 heavy (non-hydrogen) atoms. The molecule has 2 aromatic carbocycles. The van der Waals surface area contributed by atoms with Gasteiger partial charge in [0.25, 0.3) is 0 Å². The summed E-state index contributed by atoms with van der Waals surface area (Å²) in [5, 5.41) is 0. The Labute approximate surface area is 124 Å². The van der Waals surface area contributed by atoms with Crippen LogP contribution < -0.4 is 10.5 Å². The monoisotopic (exact) mass is 283 g/mol. The molecule has 0 aliphatic heterocycles. The Bertz CT molecular complexity index is 678. The smallest absolute Gasteiger partial charge is 0.142 e. The molecule has 0 unspecified atom stereocenters. The molecule has 0 aromatic heterocycles. The number of aryl methyl sites for hydroxylation is 2. The molecule has 0 atom stereocenters. The fourth-order valence-corrected chi connectivity index (χ4v) is 2.15. The first-order valence-electron chi connectivity index (χ1n) is 6.77. The molecule has 0 saturated heterocycles. The molecule has 0 heterocycles. The summed E-state index contributed by atoms with van der Waals surface area (Å²) in [6, 6.07) is 10.9. The molecular formula is C18H18FNO. The summed E-state index contributed by atoms with van der Waals surface area (Å²) in [6.07, 6.45) is 0. The first kappa shape index (κ1) is 15.1. The molecule has 2 rings (SSSR count). The van der Waals surface area contributed by atoms with Crippen molar-refractivity contribution in [3.63, 3.8) is 0 Å². The van der Waals surface area contributed by atoms with E-state index in [1.54, 1.807) is 12.1 Å². The molecule has 108 valence electrons. The van der Waals surface area contributed by atoms with Gasteiger partial charge in [0.1, 0.15) is 18.2 Å². The summed E-state index contributed by atoms with van der Waals surface area (Å²) in [5.41, 5.74) is 9.05. The van der Waals surface area contributed by atoms with Crippen molar-refractivity contribution in [1.29, 1.82) is 0 Å². The van der Waals surface area contributed by atoms with Crippen LogP contribution in [0.3, 0.4) is 0 Å². The fraction of sp³-hybridized carbons (Fsp3) is 0.222. The highest BCUT2D eigenvalue weighted by atomic mass is 19.1. The summed E-state index contributed by atoms with van der Waals surface area (Å²) < 4.78 is 19.4. The minimum absolute atomic E-state index is 0.213. The van der Waals surface area contributed by atoms with Gasteiger partial charge in [-0.2, -0.15) is 0 Å². The van der Waals surface area contributed by atoms with Crippen molar-refractivity contribution in [2.45, 2.75) is 20.5 Å². The lowest BCUT2D eigenvalue weighted by atomic mass is 10.1. The Hall–Kier alpha value is -2.31. The number of nitrogens with two attached hydrogens (primary N) is 1. The normalized spacial score (nSPS) is 9.90. The topological polar surface area (TPSA) is 35.2 Å². The van der Waals surface area contributed by atoms with Gasteiger partial charge in [0.05, 0.1) is 12.1 Å². The van der Waals surface area contributed by atoms with E-state index in [-0.39, 0.29) is 6.54 Å². The minimum atomic E-state index is -0.395. The predicted molar refractivity (Wildman–Crippen MR) is 82.6 cm³/mol. The van der Waals surface area contributed by atoms with E-state index in [0.717, 1.165) is 5.56 Å². The van der Waals surface area contributed by atoms with Crippen molar-refractivity contribution in [1.82, 2.24) is 0 Å². The lowest BCUT2D eigenvalue weighted by Crippen LogP contribution is -1.98. The molecule has 0 radical (unpaired) electrons. The lowest BCUT2D eigenvalue weighted by molar-refractivity contribution is 0.304. The van der Waals surface area contributed by atoms with Crippen molar-refractivity contribution in [2.24, 2.45) is 5.73 Å². The average molecular weight is 283 g/mol. The second-order valence-corrected chi connectivity index (χ2v) is 4.93. The van der Waals surface area contributed by atoms with Crippen molar-refractivity contribution in [2.75, 3.05) is 6.54 Å². The van der Waals surface area contributed by atoms with Crippen molar-refractivity contribution >= 4 is 0 Å². The molecule has 0 bridgehead atoms. The van der Waals surface area contributed by atoms with Crippen LogP contribution in [0.1, 0.15) is 22.3 Å². The van der Waals surface area contributed by atoms with Crippen LogP contribution in [0.15, 0.2) is 36.4 Å². The van der Waals surface area contributed by atoms with Gasteiger partial charge in [0.15, 0.2) is 0 Å². The molecule has 0 aliphatic carbocycles. The number of ether oxygens (including phenoxy) is 1. The highest BCUT2D eigenvalue weighted by molar-refractivity contribution is 5.40. The molecule has 0 amide bonds. The zero-order valence-corrected chi connectivity index (χ0v) is 12.2. The molecule has 0 saturated carbocycles. The summed E-state index contributed by atoms with van der Waals surface area (Å²) in [4.78, 5) is 0. The summed E-state index contributed by atoms with van der Waals surface area (Å²) >= 11 is 0. The van der Waals surface area contributed by atoms with E-state index in [1.807, 2.05) is 13.8 Å². The molecule has 2 nitrogen and oxygen atoms in total. The summed E-state index contributed by atoms with van der Waals surface area (Å²) in [5.74, 6) is 5.41. The SMILES string of the molecule is Cc1cc(C)cc(COc2ccc(C#CCN)c(F)c2)c1. The molecule has 2 N–H and O–H groups in total. The first-order chi connectivity index (χ1) is 10.1. The van der Waals surface area contributed by atoms with Crippen molar-refractivity contribution in [3.8, 4) is 17.6 Å². The zero-order valence-electron chi connectivity index (χ0n) is 12.2. The Balaban J connectivity index is 2.08. The minimum Gasteiger partial charge on any atom is -0.489 e. The maximum Gasteiger partial charge on any atom is 0.142 e. The molecule has 2 aromatic rings. The highest BCUT2D eigenvalue weighted by Gasteiger charge is 2.03. The van der Waals surface area contributed by atoms with Crippen LogP contribution in [-0.2, 0) is 6.61 Å². The van der Waals surface area contributed by atoms with E-state index < -0.39 is 5.82 Å². The molecule has 0 spiro atoms. The Kier molecular flexibility index (Phi) is 4.97. The van der Waals surface area contributed by atoms with Gasteiger partial charge >= 0.3 is 0 Å². The van der Waals surface area contributed by atoms with E-state index in [4.69, 9.17) is 10.5 Å². The quantitative estimate of drug-likeness (QED) is 0.877. The predicted octanol–water partition coefficient (Wildman–Crippen LogP) is 3.33. The zero-order chi connectivity index (χ0) is 15.2. The van der Waals surface area contributed by atoms with E-state index >= 15 is 0 Å². The average Bonchev–Trinajstić information content (AvgIpc) is 2.43. The van der Waals surface area contributed by atoms with Gasteiger partial charge in [-0.15, -0.1) is 0 Å². The standard InChI is InChI=1S/C18H18FNO/c1-13-8-14(2)10-15(9-13)12-21-17-6-5-16(4-3-7-20)18(19)11-17/h5-6,8-11H,7,12,20H2,1-2H3. The van der Waals surface area contributed by atoms with Gasteiger partial charge in [-0.1, -0.05) is 41.2 Å². The first-order valence-corrected chi connectivity index (χ1v) is 6.77. The van der Waals surface area contributed by atoms with Gasteiger partial charge < -0.3 is 10.5 Å². The van der Waals surface area contributed by atoms with Crippen LogP contribution in [0.5, 0.6) is 5.75 Å². The number of benzene rings is 2. The summed E-state index contributed by atoms with van der Waals surface area (Å²) in [7, 11) is 0. The number of rotatable bonds is 3. The van der Waals surface area contributed by atoms with E-state index in [9.17, 15) is 4.39 Å². The third kappa shape index (κ3) is 4.34. The van der Waals surface area contributed by atoms with Crippen molar-refractivity contribution in [3.05, 3.63) is 64.5 Å². The van der Waals surface area contributed by atoms with Crippen LogP contribution in [0.25, 0.3) is 0 Å². The Morgan fingerprint density at radius 1 is 1.10 bits per heavy atom. The maximum absolute atomic E-state index is 13.8. The van der Waals surface area contributed by atoms with Crippen LogP contribution >= 0.6 is 0 Å². The van der Waals surface area contributed by atoms with Crippen LogP contribution in [0.4, 0.5) is 4.39 Å². The lowest BCUT2D eigenvalue weighted by Gasteiger charge is -2.08. The third-order valence-corrected chi connectivity index (χ3v) is 2.95. The second kappa shape index (κ2) is 6.92. The molecule has 3 heteroatoms. The van der Waals surface area contributed by atoms with Gasteiger partial charge in [-0.25, -0.2) is 4.39 Å². The maximum atomic E-state index is 13.8. The van der Waals surface area contributed by atoms with Gasteiger partial charge in [-0.05, 0) is 31.5 Å². The summed E-state index contributed by atoms with van der Waals surface area (Å²) in [6.45, 7) is 4.71. The van der Waals surface area contributed by atoms with Crippen molar-refractivity contribution < 1.29 is 9.13 Å².